The lowest BCUT2D eigenvalue weighted by molar-refractivity contribution is 0.0943. The first-order valence-electron chi connectivity index (χ1n) is 7.51. The van der Waals surface area contributed by atoms with Crippen LogP contribution >= 0.6 is 0 Å². The van der Waals surface area contributed by atoms with E-state index in [1.807, 2.05) is 12.1 Å². The Bertz CT molecular complexity index is 451. The minimum atomic E-state index is 0.0196. The van der Waals surface area contributed by atoms with E-state index >= 15 is 0 Å². The molecule has 2 heteroatoms. The molecule has 0 radical (unpaired) electrons. The van der Waals surface area contributed by atoms with Crippen LogP contribution in [0.2, 0.25) is 0 Å². The number of benzene rings is 1. The van der Waals surface area contributed by atoms with Crippen molar-refractivity contribution in [1.29, 1.82) is 0 Å². The van der Waals surface area contributed by atoms with E-state index in [0.717, 1.165) is 18.4 Å². The Morgan fingerprint density at radius 3 is 2.16 bits per heavy atom. The highest BCUT2D eigenvalue weighted by atomic mass is 32.2. The summed E-state index contributed by atoms with van der Waals surface area (Å²) in [6, 6.07) is 8.23. The summed E-state index contributed by atoms with van der Waals surface area (Å²) in [4.78, 5) is 13.1. The molecule has 0 N–H and O–H groups in total. The largest absolute Gasteiger partial charge is 0.288 e. The fourth-order valence-electron chi connectivity index (χ4n) is 3.61. The second kappa shape index (κ2) is 5.32. The molecule has 1 saturated heterocycles. The zero-order valence-corrected chi connectivity index (χ0v) is 12.6. The van der Waals surface area contributed by atoms with E-state index in [2.05, 4.69) is 19.1 Å². The number of aryl methyl sites for hydroxylation is 1. The van der Waals surface area contributed by atoms with Gasteiger partial charge in [-0.2, -0.15) is 0 Å². The van der Waals surface area contributed by atoms with Gasteiger partial charge < -0.3 is 0 Å². The summed E-state index contributed by atoms with van der Waals surface area (Å²) in [5.41, 5.74) is 2.19. The van der Waals surface area contributed by atoms with E-state index < -0.39 is 0 Å². The number of Topliss-reactive ketones (excluding diaryl/α,β-unsaturated/α-hetero) is 1. The van der Waals surface area contributed by atoms with Gasteiger partial charge in [-0.05, 0) is 32.6 Å². The Morgan fingerprint density at radius 1 is 1.00 bits per heavy atom. The molecule has 3 rings (SSSR count). The van der Waals surface area contributed by atoms with Gasteiger partial charge in [0, 0.05) is 29.3 Å². The van der Waals surface area contributed by atoms with Crippen molar-refractivity contribution in [2.45, 2.75) is 50.2 Å². The molecule has 1 heterocycles. The van der Waals surface area contributed by atoms with Crippen LogP contribution in [0.3, 0.4) is 0 Å². The molecule has 1 saturated carbocycles. The first-order valence-corrected chi connectivity index (χ1v) is 9.08. The molecule has 1 aliphatic heterocycles. The predicted molar refractivity (Wildman–Crippen MR) is 83.0 cm³/mol. The SMILES string of the molecule is Cc1ccc(C(=O)C2([S+]3CCCC3)CCCC2)cc1. The second-order valence-corrected chi connectivity index (χ2v) is 8.59. The minimum Gasteiger partial charge on any atom is -0.288 e. The van der Waals surface area contributed by atoms with Gasteiger partial charge >= 0.3 is 0 Å². The fourth-order valence-corrected chi connectivity index (χ4v) is 6.94. The van der Waals surface area contributed by atoms with Crippen LogP contribution in [0.4, 0.5) is 0 Å². The van der Waals surface area contributed by atoms with Crippen molar-refractivity contribution < 1.29 is 4.79 Å². The Labute approximate surface area is 119 Å². The first-order chi connectivity index (χ1) is 9.22. The summed E-state index contributed by atoms with van der Waals surface area (Å²) in [6.07, 6.45) is 7.46. The average Bonchev–Trinajstić information content (AvgIpc) is 3.10. The molecule has 0 atom stereocenters. The number of rotatable bonds is 3. The van der Waals surface area contributed by atoms with Gasteiger partial charge in [0.05, 0.1) is 0 Å². The highest BCUT2D eigenvalue weighted by Gasteiger charge is 2.55. The summed E-state index contributed by atoms with van der Waals surface area (Å²) in [7, 11) is 0.353. The van der Waals surface area contributed by atoms with Gasteiger partial charge in [0.2, 0.25) is 5.78 Å². The molecule has 0 spiro atoms. The molecular weight excluding hydrogens is 252 g/mol. The van der Waals surface area contributed by atoms with E-state index in [1.165, 1.54) is 42.8 Å². The number of carbonyl (C=O) groups excluding carboxylic acids is 1. The van der Waals surface area contributed by atoms with Crippen molar-refractivity contribution in [1.82, 2.24) is 0 Å². The van der Waals surface area contributed by atoms with Crippen LogP contribution < -0.4 is 0 Å². The molecule has 0 amide bonds. The maximum Gasteiger partial charge on any atom is 0.217 e. The van der Waals surface area contributed by atoms with Crippen LogP contribution in [0.15, 0.2) is 24.3 Å². The van der Waals surface area contributed by atoms with E-state index in [0.29, 0.717) is 16.7 Å². The highest BCUT2D eigenvalue weighted by Crippen LogP contribution is 2.43. The molecular formula is C17H23OS+. The highest BCUT2D eigenvalue weighted by molar-refractivity contribution is 7.99. The topological polar surface area (TPSA) is 17.1 Å². The van der Waals surface area contributed by atoms with Crippen LogP contribution in [0.25, 0.3) is 0 Å². The molecule has 102 valence electrons. The predicted octanol–water partition coefficient (Wildman–Crippen LogP) is 3.90. The molecule has 0 bridgehead atoms. The summed E-state index contributed by atoms with van der Waals surface area (Å²) in [5.74, 6) is 3.06. The third-order valence-corrected chi connectivity index (χ3v) is 7.98. The summed E-state index contributed by atoms with van der Waals surface area (Å²) in [6.45, 7) is 2.08. The third kappa shape index (κ3) is 2.35. The molecule has 2 aliphatic rings. The van der Waals surface area contributed by atoms with E-state index in [-0.39, 0.29) is 4.75 Å². The average molecular weight is 275 g/mol. The number of carbonyl (C=O) groups is 1. The maximum absolute atomic E-state index is 13.1. The van der Waals surface area contributed by atoms with E-state index in [1.54, 1.807) is 0 Å². The summed E-state index contributed by atoms with van der Waals surface area (Å²) < 4.78 is 0.0196. The molecule has 1 aliphatic carbocycles. The van der Waals surface area contributed by atoms with Crippen molar-refractivity contribution >= 4 is 16.7 Å². The Morgan fingerprint density at radius 2 is 1.58 bits per heavy atom. The summed E-state index contributed by atoms with van der Waals surface area (Å²) >= 11 is 0. The molecule has 2 fully saturated rings. The molecule has 1 nitrogen and oxygen atoms in total. The molecule has 0 unspecified atom stereocenters. The van der Waals surface area contributed by atoms with Gasteiger partial charge in [-0.1, -0.05) is 29.8 Å². The second-order valence-electron chi connectivity index (χ2n) is 6.00. The van der Waals surface area contributed by atoms with Crippen molar-refractivity contribution in [3.8, 4) is 0 Å². The Kier molecular flexibility index (Phi) is 3.70. The van der Waals surface area contributed by atoms with Crippen molar-refractivity contribution in [2.24, 2.45) is 0 Å². The standard InChI is InChI=1S/C17H23OS/c1-14-6-8-15(9-7-14)16(18)17(10-2-3-11-17)19-12-4-5-13-19/h6-9H,2-5,10-13H2,1H3/q+1. The lowest BCUT2D eigenvalue weighted by Crippen LogP contribution is -2.45. The van der Waals surface area contributed by atoms with Crippen LogP contribution in [0.1, 0.15) is 54.4 Å². The van der Waals surface area contributed by atoms with Crippen LogP contribution in [-0.4, -0.2) is 22.0 Å². The molecule has 1 aromatic rings. The lowest BCUT2D eigenvalue weighted by atomic mass is 9.94. The molecule has 1 aromatic carbocycles. The molecule has 19 heavy (non-hydrogen) atoms. The zero-order chi connectivity index (χ0) is 13.3. The zero-order valence-electron chi connectivity index (χ0n) is 11.8. The van der Waals surface area contributed by atoms with Crippen molar-refractivity contribution in [2.75, 3.05) is 11.5 Å². The normalized spacial score (nSPS) is 22.8. The van der Waals surface area contributed by atoms with Gasteiger partial charge in [0.15, 0.2) is 4.75 Å². The van der Waals surface area contributed by atoms with E-state index in [4.69, 9.17) is 0 Å². The number of hydrogen-bond donors (Lipinski definition) is 0. The van der Waals surface area contributed by atoms with Crippen molar-refractivity contribution in [3.05, 3.63) is 35.4 Å². The van der Waals surface area contributed by atoms with Gasteiger partial charge in [-0.15, -0.1) is 0 Å². The smallest absolute Gasteiger partial charge is 0.217 e. The van der Waals surface area contributed by atoms with Crippen LogP contribution in [0.5, 0.6) is 0 Å². The number of hydrogen-bond acceptors (Lipinski definition) is 1. The maximum atomic E-state index is 13.1. The Hall–Kier alpha value is -0.760. The third-order valence-electron chi connectivity index (χ3n) is 4.72. The van der Waals surface area contributed by atoms with E-state index in [9.17, 15) is 4.79 Å². The monoisotopic (exact) mass is 275 g/mol. The minimum absolute atomic E-state index is 0.0196. The van der Waals surface area contributed by atoms with Gasteiger partial charge in [0.25, 0.3) is 0 Å². The van der Waals surface area contributed by atoms with Gasteiger partial charge in [0.1, 0.15) is 11.5 Å². The fraction of sp³-hybridized carbons (Fsp3) is 0.588. The summed E-state index contributed by atoms with van der Waals surface area (Å²) in [5, 5.41) is 0. The van der Waals surface area contributed by atoms with Crippen LogP contribution in [-0.2, 0) is 10.9 Å². The van der Waals surface area contributed by atoms with Crippen LogP contribution in [0, 0.1) is 6.92 Å². The first kappa shape index (κ1) is 13.2. The lowest BCUT2D eigenvalue weighted by Gasteiger charge is -2.25. The Balaban J connectivity index is 1.91. The van der Waals surface area contributed by atoms with Gasteiger partial charge in [-0.25, -0.2) is 0 Å². The van der Waals surface area contributed by atoms with Gasteiger partial charge in [-0.3, -0.25) is 4.79 Å². The van der Waals surface area contributed by atoms with Crippen molar-refractivity contribution in [3.63, 3.8) is 0 Å². The quantitative estimate of drug-likeness (QED) is 0.604. The molecule has 0 aromatic heterocycles. The number of ketones is 1.